The predicted octanol–water partition coefficient (Wildman–Crippen LogP) is 4.18. The van der Waals surface area contributed by atoms with Gasteiger partial charge in [-0.05, 0) is 58.4 Å². The van der Waals surface area contributed by atoms with Gasteiger partial charge in [-0.25, -0.2) is 0 Å². The third-order valence-corrected chi connectivity index (χ3v) is 3.55. The Hall–Kier alpha value is -1.33. The first-order valence-electron chi connectivity index (χ1n) is 5.46. The molecule has 0 amide bonds. The standard InChI is InChI=1S/C14H10Br2O3/c15-10-3-6-14(12(16)7-10)19-8-13(18)9-1-4-11(17)5-2-9/h1-7,17H,8H2. The fourth-order valence-electron chi connectivity index (χ4n) is 1.47. The van der Waals surface area contributed by atoms with Gasteiger partial charge in [0.25, 0.3) is 0 Å². The maximum absolute atomic E-state index is 11.9. The van der Waals surface area contributed by atoms with E-state index in [1.54, 1.807) is 18.2 Å². The molecule has 0 atom stereocenters. The fourth-order valence-corrected chi connectivity index (χ4v) is 2.63. The first-order chi connectivity index (χ1) is 9.06. The Kier molecular flexibility index (Phi) is 4.61. The molecule has 5 heteroatoms. The lowest BCUT2D eigenvalue weighted by Gasteiger charge is -2.08. The Morgan fingerprint density at radius 3 is 2.42 bits per heavy atom. The van der Waals surface area contributed by atoms with Crippen molar-refractivity contribution in [1.82, 2.24) is 0 Å². The Bertz CT molecular complexity index is 594. The highest BCUT2D eigenvalue weighted by Gasteiger charge is 2.08. The van der Waals surface area contributed by atoms with Crippen LogP contribution < -0.4 is 4.74 Å². The highest BCUT2D eigenvalue weighted by Crippen LogP contribution is 2.28. The van der Waals surface area contributed by atoms with Crippen molar-refractivity contribution in [2.45, 2.75) is 0 Å². The van der Waals surface area contributed by atoms with Gasteiger partial charge in [0, 0.05) is 10.0 Å². The van der Waals surface area contributed by atoms with Crippen LogP contribution in [0.2, 0.25) is 0 Å². The van der Waals surface area contributed by atoms with E-state index in [1.807, 2.05) is 12.1 Å². The first-order valence-corrected chi connectivity index (χ1v) is 7.05. The van der Waals surface area contributed by atoms with Gasteiger partial charge in [0.15, 0.2) is 12.4 Å². The van der Waals surface area contributed by atoms with Crippen LogP contribution in [0.1, 0.15) is 10.4 Å². The molecule has 0 fully saturated rings. The number of ether oxygens (including phenoxy) is 1. The molecule has 0 radical (unpaired) electrons. The molecule has 0 saturated heterocycles. The SMILES string of the molecule is O=C(COc1ccc(Br)cc1Br)c1ccc(O)cc1. The molecule has 2 aromatic carbocycles. The predicted molar refractivity (Wildman–Crippen MR) is 79.8 cm³/mol. The van der Waals surface area contributed by atoms with Crippen LogP contribution in [-0.4, -0.2) is 17.5 Å². The smallest absolute Gasteiger partial charge is 0.200 e. The van der Waals surface area contributed by atoms with Crippen LogP contribution in [0.4, 0.5) is 0 Å². The molecule has 0 aliphatic heterocycles. The van der Waals surface area contributed by atoms with Crippen molar-refractivity contribution in [2.24, 2.45) is 0 Å². The van der Waals surface area contributed by atoms with Crippen LogP contribution in [-0.2, 0) is 0 Å². The van der Waals surface area contributed by atoms with E-state index in [9.17, 15) is 4.79 Å². The molecule has 2 aromatic rings. The summed E-state index contributed by atoms with van der Waals surface area (Å²) in [6, 6.07) is 11.5. The maximum atomic E-state index is 11.9. The number of hydrogen-bond acceptors (Lipinski definition) is 3. The van der Waals surface area contributed by atoms with Gasteiger partial charge in [-0.2, -0.15) is 0 Å². The zero-order valence-electron chi connectivity index (χ0n) is 9.77. The summed E-state index contributed by atoms with van der Waals surface area (Å²) in [4.78, 5) is 11.9. The summed E-state index contributed by atoms with van der Waals surface area (Å²) in [5, 5.41) is 9.16. The Labute approximate surface area is 127 Å². The molecule has 0 aliphatic carbocycles. The van der Waals surface area contributed by atoms with E-state index in [2.05, 4.69) is 31.9 Å². The quantitative estimate of drug-likeness (QED) is 0.803. The van der Waals surface area contributed by atoms with E-state index in [0.717, 1.165) is 8.95 Å². The molecular formula is C14H10Br2O3. The minimum atomic E-state index is -0.144. The van der Waals surface area contributed by atoms with Crippen LogP contribution in [0.15, 0.2) is 51.4 Å². The van der Waals surface area contributed by atoms with Crippen LogP contribution in [0.3, 0.4) is 0 Å². The van der Waals surface area contributed by atoms with Crippen molar-refractivity contribution in [3.8, 4) is 11.5 Å². The third-order valence-electron chi connectivity index (χ3n) is 2.44. The number of halogens is 2. The van der Waals surface area contributed by atoms with E-state index in [0.29, 0.717) is 11.3 Å². The Balaban J connectivity index is 2.02. The molecular weight excluding hydrogens is 376 g/mol. The lowest BCUT2D eigenvalue weighted by molar-refractivity contribution is 0.0921. The summed E-state index contributed by atoms with van der Waals surface area (Å²) >= 11 is 6.71. The number of rotatable bonds is 4. The summed E-state index contributed by atoms with van der Waals surface area (Å²) in [5.41, 5.74) is 0.506. The molecule has 1 N–H and O–H groups in total. The number of ketones is 1. The molecule has 0 spiro atoms. The normalized spacial score (nSPS) is 10.2. The summed E-state index contributed by atoms with van der Waals surface area (Å²) < 4.78 is 7.16. The van der Waals surface area contributed by atoms with Crippen LogP contribution in [0.5, 0.6) is 11.5 Å². The van der Waals surface area contributed by atoms with Crippen molar-refractivity contribution in [1.29, 1.82) is 0 Å². The topological polar surface area (TPSA) is 46.5 Å². The van der Waals surface area contributed by atoms with Gasteiger partial charge in [-0.3, -0.25) is 4.79 Å². The van der Waals surface area contributed by atoms with Crippen LogP contribution in [0, 0.1) is 0 Å². The molecule has 98 valence electrons. The van der Waals surface area contributed by atoms with Gasteiger partial charge >= 0.3 is 0 Å². The van der Waals surface area contributed by atoms with Crippen molar-refractivity contribution in [2.75, 3.05) is 6.61 Å². The molecule has 0 aromatic heterocycles. The first kappa shape index (κ1) is 14.1. The van der Waals surface area contributed by atoms with Crippen molar-refractivity contribution >= 4 is 37.6 Å². The number of phenols is 1. The molecule has 19 heavy (non-hydrogen) atoms. The molecule has 0 saturated carbocycles. The second kappa shape index (κ2) is 6.21. The monoisotopic (exact) mass is 384 g/mol. The summed E-state index contributed by atoms with van der Waals surface area (Å²) in [6.07, 6.45) is 0. The maximum Gasteiger partial charge on any atom is 0.200 e. The Morgan fingerprint density at radius 1 is 1.11 bits per heavy atom. The van der Waals surface area contributed by atoms with E-state index in [4.69, 9.17) is 9.84 Å². The minimum Gasteiger partial charge on any atom is -0.508 e. The summed E-state index contributed by atoms with van der Waals surface area (Å²) in [6.45, 7) is -0.0506. The lowest BCUT2D eigenvalue weighted by atomic mass is 10.1. The number of hydrogen-bond donors (Lipinski definition) is 1. The number of benzene rings is 2. The lowest BCUT2D eigenvalue weighted by Crippen LogP contribution is -2.11. The zero-order valence-corrected chi connectivity index (χ0v) is 12.9. The average molecular weight is 386 g/mol. The highest BCUT2D eigenvalue weighted by atomic mass is 79.9. The molecule has 0 bridgehead atoms. The number of Topliss-reactive ketones (excluding diaryl/α,β-unsaturated/α-hetero) is 1. The molecule has 0 heterocycles. The number of carbonyl (C=O) groups is 1. The van der Waals surface area contributed by atoms with Gasteiger partial charge in [0.05, 0.1) is 4.47 Å². The van der Waals surface area contributed by atoms with Gasteiger partial charge in [-0.15, -0.1) is 0 Å². The third kappa shape index (κ3) is 3.81. The summed E-state index contributed by atoms with van der Waals surface area (Å²) in [5.74, 6) is 0.596. The van der Waals surface area contributed by atoms with E-state index in [-0.39, 0.29) is 18.1 Å². The number of aromatic hydroxyl groups is 1. The largest absolute Gasteiger partial charge is 0.508 e. The second-order valence-electron chi connectivity index (χ2n) is 3.83. The van der Waals surface area contributed by atoms with Crippen molar-refractivity contribution in [3.05, 3.63) is 57.0 Å². The zero-order chi connectivity index (χ0) is 13.8. The molecule has 0 unspecified atom stereocenters. The van der Waals surface area contributed by atoms with Crippen LogP contribution in [0.25, 0.3) is 0 Å². The average Bonchev–Trinajstić information content (AvgIpc) is 2.38. The second-order valence-corrected chi connectivity index (χ2v) is 5.60. The van der Waals surface area contributed by atoms with E-state index < -0.39 is 0 Å². The Morgan fingerprint density at radius 2 is 1.79 bits per heavy atom. The van der Waals surface area contributed by atoms with Crippen LogP contribution >= 0.6 is 31.9 Å². The van der Waals surface area contributed by atoms with Crippen molar-refractivity contribution in [3.63, 3.8) is 0 Å². The van der Waals surface area contributed by atoms with E-state index in [1.165, 1.54) is 12.1 Å². The van der Waals surface area contributed by atoms with Gasteiger partial charge in [0.2, 0.25) is 0 Å². The highest BCUT2D eigenvalue weighted by molar-refractivity contribution is 9.11. The molecule has 0 aliphatic rings. The number of phenolic OH excluding ortho intramolecular Hbond substituents is 1. The molecule has 2 rings (SSSR count). The van der Waals surface area contributed by atoms with Gasteiger partial charge < -0.3 is 9.84 Å². The summed E-state index contributed by atoms with van der Waals surface area (Å²) in [7, 11) is 0. The molecule has 3 nitrogen and oxygen atoms in total. The van der Waals surface area contributed by atoms with Crippen molar-refractivity contribution < 1.29 is 14.6 Å². The fraction of sp³-hybridized carbons (Fsp3) is 0.0714. The minimum absolute atomic E-state index is 0.0506. The van der Waals surface area contributed by atoms with Gasteiger partial charge in [0.1, 0.15) is 11.5 Å². The number of carbonyl (C=O) groups excluding carboxylic acids is 1. The van der Waals surface area contributed by atoms with Gasteiger partial charge in [-0.1, -0.05) is 15.9 Å². The van der Waals surface area contributed by atoms with E-state index >= 15 is 0 Å².